The van der Waals surface area contributed by atoms with E-state index in [1.54, 1.807) is 0 Å². The molecule has 0 aromatic rings. The van der Waals surface area contributed by atoms with E-state index in [0.717, 1.165) is 16.1 Å². The molecular formula is C13H10O2S. The monoisotopic (exact) mass is 230 g/mol. The van der Waals surface area contributed by atoms with Gasteiger partial charge in [0.25, 0.3) is 0 Å². The Hall–Kier alpha value is -1.48. The summed E-state index contributed by atoms with van der Waals surface area (Å²) in [6.45, 7) is 0. The van der Waals surface area contributed by atoms with Crippen LogP contribution in [0.3, 0.4) is 0 Å². The van der Waals surface area contributed by atoms with Crippen molar-refractivity contribution in [2.75, 3.05) is 0 Å². The van der Waals surface area contributed by atoms with E-state index in [-0.39, 0.29) is 11.9 Å². The lowest BCUT2D eigenvalue weighted by Crippen LogP contribution is -2.24. The predicted octanol–water partition coefficient (Wildman–Crippen LogP) is 2.48. The number of hydrogen-bond acceptors (Lipinski definition) is 3. The lowest BCUT2D eigenvalue weighted by molar-refractivity contribution is -0.118. The molecule has 16 heavy (non-hydrogen) atoms. The lowest BCUT2D eigenvalue weighted by atomic mass is 9.94. The summed E-state index contributed by atoms with van der Waals surface area (Å²) in [6.07, 6.45) is 12.0. The number of hydrogen-bond donors (Lipinski definition) is 1. The van der Waals surface area contributed by atoms with Crippen LogP contribution in [0.15, 0.2) is 58.3 Å². The number of Topliss-reactive ketones (excluding diaryl/α,β-unsaturated/α-hetero) is 1. The van der Waals surface area contributed by atoms with E-state index in [1.807, 2.05) is 36.5 Å². The van der Waals surface area contributed by atoms with Crippen molar-refractivity contribution >= 4 is 18.4 Å². The molecule has 3 rings (SSSR count). The molecule has 2 aliphatic carbocycles. The molecule has 0 fully saturated rings. The van der Waals surface area contributed by atoms with Crippen molar-refractivity contribution in [1.82, 2.24) is 0 Å². The van der Waals surface area contributed by atoms with Gasteiger partial charge in [-0.3, -0.25) is 4.79 Å². The van der Waals surface area contributed by atoms with E-state index in [0.29, 0.717) is 12.2 Å². The number of fused-ring (bicyclic) bond motifs is 1. The minimum atomic E-state index is -0.109. The van der Waals surface area contributed by atoms with Gasteiger partial charge in [-0.2, -0.15) is 0 Å². The Morgan fingerprint density at radius 2 is 2.19 bits per heavy atom. The van der Waals surface area contributed by atoms with Gasteiger partial charge in [-0.1, -0.05) is 18.2 Å². The molecular weight excluding hydrogens is 220 g/mol. The first-order valence-electron chi connectivity index (χ1n) is 5.14. The second kappa shape index (κ2) is 3.52. The third-order valence-electron chi connectivity index (χ3n) is 2.76. The summed E-state index contributed by atoms with van der Waals surface area (Å²) in [5, 5.41) is 0. The van der Waals surface area contributed by atoms with E-state index in [4.69, 9.17) is 4.74 Å². The number of carbonyl (C=O) groups is 1. The first kappa shape index (κ1) is 9.73. The number of allylic oxidation sites excluding steroid dienone is 7. The minimum Gasteiger partial charge on any atom is -0.477 e. The highest BCUT2D eigenvalue weighted by Gasteiger charge is 2.28. The van der Waals surface area contributed by atoms with Crippen LogP contribution >= 0.6 is 12.6 Å². The van der Waals surface area contributed by atoms with Gasteiger partial charge < -0.3 is 4.74 Å². The zero-order chi connectivity index (χ0) is 11.1. The van der Waals surface area contributed by atoms with Crippen molar-refractivity contribution < 1.29 is 9.53 Å². The van der Waals surface area contributed by atoms with E-state index in [1.165, 1.54) is 0 Å². The third-order valence-corrected chi connectivity index (χ3v) is 3.05. The normalized spacial score (nSPS) is 26.8. The quantitative estimate of drug-likeness (QED) is 0.647. The molecule has 3 heteroatoms. The van der Waals surface area contributed by atoms with E-state index in [2.05, 4.69) is 12.6 Å². The summed E-state index contributed by atoms with van der Waals surface area (Å²) in [6, 6.07) is 0. The maximum atomic E-state index is 11.8. The lowest BCUT2D eigenvalue weighted by Gasteiger charge is -2.27. The third kappa shape index (κ3) is 1.48. The second-order valence-corrected chi connectivity index (χ2v) is 4.52. The summed E-state index contributed by atoms with van der Waals surface area (Å²) in [5.41, 5.74) is 1.92. The van der Waals surface area contributed by atoms with Crippen molar-refractivity contribution in [2.24, 2.45) is 0 Å². The van der Waals surface area contributed by atoms with Gasteiger partial charge in [0.2, 0.25) is 5.78 Å². The number of rotatable bonds is 0. The zero-order valence-electron chi connectivity index (χ0n) is 8.51. The number of ether oxygens (including phenoxy) is 1. The molecule has 0 spiro atoms. The van der Waals surface area contributed by atoms with Crippen molar-refractivity contribution in [2.45, 2.75) is 12.5 Å². The van der Waals surface area contributed by atoms with Crippen molar-refractivity contribution in [3.63, 3.8) is 0 Å². The molecule has 80 valence electrons. The summed E-state index contributed by atoms with van der Waals surface area (Å²) < 4.78 is 5.70. The Bertz CT molecular complexity index is 518. The van der Waals surface area contributed by atoms with Gasteiger partial charge in [0.05, 0.1) is 0 Å². The maximum Gasteiger partial charge on any atom is 0.202 e. The van der Waals surface area contributed by atoms with Crippen molar-refractivity contribution in [3.8, 4) is 0 Å². The minimum absolute atomic E-state index is 0.0146. The van der Waals surface area contributed by atoms with Gasteiger partial charge in [0, 0.05) is 12.0 Å². The molecule has 0 saturated heterocycles. The van der Waals surface area contributed by atoms with E-state index >= 15 is 0 Å². The molecule has 1 heterocycles. The average molecular weight is 230 g/mol. The van der Waals surface area contributed by atoms with Crippen LogP contribution in [-0.4, -0.2) is 11.9 Å². The van der Waals surface area contributed by atoms with Gasteiger partial charge in [0.1, 0.15) is 6.10 Å². The highest BCUT2D eigenvalue weighted by Crippen LogP contribution is 2.33. The second-order valence-electron chi connectivity index (χ2n) is 3.95. The molecule has 0 radical (unpaired) electrons. The first-order valence-corrected chi connectivity index (χ1v) is 5.59. The Kier molecular flexibility index (Phi) is 2.14. The fraction of sp³-hybridized carbons (Fsp3) is 0.154. The molecule has 1 aliphatic heterocycles. The smallest absolute Gasteiger partial charge is 0.202 e. The van der Waals surface area contributed by atoms with Crippen LogP contribution in [-0.2, 0) is 9.53 Å². The molecule has 2 nitrogen and oxygen atoms in total. The zero-order valence-corrected chi connectivity index (χ0v) is 9.41. The van der Waals surface area contributed by atoms with Crippen LogP contribution in [0.2, 0.25) is 0 Å². The van der Waals surface area contributed by atoms with Gasteiger partial charge >= 0.3 is 0 Å². The van der Waals surface area contributed by atoms with Crippen LogP contribution in [0.5, 0.6) is 0 Å². The fourth-order valence-electron chi connectivity index (χ4n) is 2.02. The Labute approximate surface area is 99.1 Å². The topological polar surface area (TPSA) is 26.3 Å². The maximum absolute atomic E-state index is 11.8. The molecule has 1 unspecified atom stereocenters. The molecule has 0 aromatic heterocycles. The summed E-state index contributed by atoms with van der Waals surface area (Å²) in [7, 11) is 0. The summed E-state index contributed by atoms with van der Waals surface area (Å²) in [5.74, 6) is 0.493. The van der Waals surface area contributed by atoms with Gasteiger partial charge in [-0.15, -0.1) is 12.6 Å². The number of ketones is 1. The highest BCUT2D eigenvalue weighted by molar-refractivity contribution is 7.84. The van der Waals surface area contributed by atoms with Crippen molar-refractivity contribution in [1.29, 1.82) is 0 Å². The van der Waals surface area contributed by atoms with Crippen LogP contribution in [0.1, 0.15) is 6.42 Å². The average Bonchev–Trinajstić information content (AvgIpc) is 2.27. The summed E-state index contributed by atoms with van der Waals surface area (Å²) >= 11 is 4.24. The Balaban J connectivity index is 2.08. The number of thiol groups is 1. The molecule has 3 aliphatic rings. The van der Waals surface area contributed by atoms with Crippen molar-refractivity contribution in [3.05, 3.63) is 58.3 Å². The standard InChI is InChI=1S/C13H10O2S/c14-11-7-10(16)6-9-5-8-3-1-2-4-12(8)15-13(9)11/h1-6,12,16H,7H2. The Morgan fingerprint density at radius 1 is 1.31 bits per heavy atom. The molecule has 0 amide bonds. The predicted molar refractivity (Wildman–Crippen MR) is 65.0 cm³/mol. The molecule has 0 bridgehead atoms. The van der Waals surface area contributed by atoms with E-state index < -0.39 is 0 Å². The molecule has 0 saturated carbocycles. The largest absolute Gasteiger partial charge is 0.477 e. The highest BCUT2D eigenvalue weighted by atomic mass is 32.1. The Morgan fingerprint density at radius 3 is 3.06 bits per heavy atom. The molecule has 0 aromatic carbocycles. The van der Waals surface area contributed by atoms with Gasteiger partial charge in [-0.05, 0) is 28.7 Å². The van der Waals surface area contributed by atoms with Gasteiger partial charge in [0.15, 0.2) is 5.76 Å². The van der Waals surface area contributed by atoms with Crippen LogP contribution in [0, 0.1) is 0 Å². The van der Waals surface area contributed by atoms with Crippen LogP contribution in [0.4, 0.5) is 0 Å². The van der Waals surface area contributed by atoms with Crippen LogP contribution in [0.25, 0.3) is 0 Å². The van der Waals surface area contributed by atoms with Crippen LogP contribution < -0.4 is 0 Å². The summed E-state index contributed by atoms with van der Waals surface area (Å²) in [4.78, 5) is 12.6. The molecule has 0 N–H and O–H groups in total. The van der Waals surface area contributed by atoms with E-state index in [9.17, 15) is 4.79 Å². The fourth-order valence-corrected chi connectivity index (χ4v) is 2.31. The molecule has 1 atom stereocenters. The van der Waals surface area contributed by atoms with Gasteiger partial charge in [-0.25, -0.2) is 0 Å². The number of carbonyl (C=O) groups excluding carboxylic acids is 1. The SMILES string of the molecule is O=C1CC(S)=CC2=C1OC1C=CC=CC1=C2. The first-order chi connectivity index (χ1) is 7.74.